The highest BCUT2D eigenvalue weighted by molar-refractivity contribution is 5.77. The first-order valence-electron chi connectivity index (χ1n) is 9.49. The molecule has 7 heteroatoms. The molecule has 3 N–H and O–H groups in total. The molecule has 0 unspecified atom stereocenters. The van der Waals surface area contributed by atoms with Crippen LogP contribution in [0.3, 0.4) is 0 Å². The number of nitrogens with zero attached hydrogens (tertiary/aromatic N) is 4. The van der Waals surface area contributed by atoms with Gasteiger partial charge in [-0.15, -0.1) is 0 Å². The number of nitrogens with two attached hydrogens (primary N) is 1. The van der Waals surface area contributed by atoms with Gasteiger partial charge in [0.25, 0.3) is 0 Å². The standard InChI is InChI=1S/C17H36N6O/c1-21-9-11-22(12-10-21)7-3-2-5-19-17(18)20-6-4-8-23-13-15-24-16-14-23/h2-16H2,1H3,(H3,18,19,20). The number of hydrogen-bond acceptors (Lipinski definition) is 5. The average molecular weight is 341 g/mol. The van der Waals surface area contributed by atoms with Gasteiger partial charge in [-0.1, -0.05) is 0 Å². The highest BCUT2D eigenvalue weighted by Crippen LogP contribution is 2.01. The first-order valence-corrected chi connectivity index (χ1v) is 9.49. The number of aliphatic imine (C=N–C) groups is 1. The maximum atomic E-state index is 5.92. The quantitative estimate of drug-likeness (QED) is 0.339. The Bertz CT molecular complexity index is 351. The molecule has 24 heavy (non-hydrogen) atoms. The molecule has 0 bridgehead atoms. The van der Waals surface area contributed by atoms with Gasteiger partial charge in [-0.2, -0.15) is 0 Å². The third-order valence-corrected chi connectivity index (χ3v) is 4.82. The van der Waals surface area contributed by atoms with Crippen molar-refractivity contribution in [3.8, 4) is 0 Å². The van der Waals surface area contributed by atoms with Crippen LogP contribution in [0, 0.1) is 0 Å². The largest absolute Gasteiger partial charge is 0.379 e. The lowest BCUT2D eigenvalue weighted by Crippen LogP contribution is -2.44. The number of hydrogen-bond donors (Lipinski definition) is 2. The van der Waals surface area contributed by atoms with Crippen LogP contribution in [0.4, 0.5) is 0 Å². The normalized spacial score (nSPS) is 22.0. The highest BCUT2D eigenvalue weighted by atomic mass is 16.5. The number of rotatable bonds is 9. The van der Waals surface area contributed by atoms with Gasteiger partial charge in [0, 0.05) is 58.9 Å². The Labute approximate surface area is 147 Å². The fourth-order valence-electron chi connectivity index (χ4n) is 3.12. The van der Waals surface area contributed by atoms with Crippen LogP contribution in [-0.4, -0.2) is 106 Å². The number of guanidine groups is 1. The van der Waals surface area contributed by atoms with E-state index in [2.05, 4.69) is 32.1 Å². The molecule has 0 atom stereocenters. The summed E-state index contributed by atoms with van der Waals surface area (Å²) in [6, 6.07) is 0. The van der Waals surface area contributed by atoms with Crippen molar-refractivity contribution in [1.82, 2.24) is 20.0 Å². The summed E-state index contributed by atoms with van der Waals surface area (Å²) in [5.74, 6) is 0.594. The molecule has 2 rings (SSSR count). The van der Waals surface area contributed by atoms with Crippen molar-refractivity contribution >= 4 is 5.96 Å². The van der Waals surface area contributed by atoms with Gasteiger partial charge in [0.15, 0.2) is 5.96 Å². The van der Waals surface area contributed by atoms with Crippen LogP contribution in [0.25, 0.3) is 0 Å². The van der Waals surface area contributed by atoms with Gasteiger partial charge in [0.2, 0.25) is 0 Å². The van der Waals surface area contributed by atoms with E-state index in [0.717, 1.165) is 58.8 Å². The van der Waals surface area contributed by atoms with Gasteiger partial charge in [0.05, 0.1) is 13.2 Å². The van der Waals surface area contributed by atoms with Crippen LogP contribution in [0.15, 0.2) is 4.99 Å². The van der Waals surface area contributed by atoms with Gasteiger partial charge >= 0.3 is 0 Å². The fourth-order valence-corrected chi connectivity index (χ4v) is 3.12. The van der Waals surface area contributed by atoms with Crippen LogP contribution in [0.1, 0.15) is 19.3 Å². The van der Waals surface area contributed by atoms with Gasteiger partial charge in [0.1, 0.15) is 0 Å². The Hall–Kier alpha value is -0.890. The number of nitrogens with one attached hydrogen (secondary N) is 1. The van der Waals surface area contributed by atoms with E-state index in [4.69, 9.17) is 10.5 Å². The molecule has 140 valence electrons. The Kier molecular flexibility index (Phi) is 9.42. The lowest BCUT2D eigenvalue weighted by molar-refractivity contribution is 0.0377. The number of piperazine rings is 1. The predicted octanol–water partition coefficient (Wildman–Crippen LogP) is -0.359. The van der Waals surface area contributed by atoms with E-state index in [-0.39, 0.29) is 0 Å². The topological polar surface area (TPSA) is 69.4 Å². The molecule has 0 spiro atoms. The van der Waals surface area contributed by atoms with E-state index in [1.165, 1.54) is 39.1 Å². The van der Waals surface area contributed by atoms with Crippen molar-refractivity contribution < 1.29 is 4.74 Å². The molecule has 0 aromatic heterocycles. The van der Waals surface area contributed by atoms with Gasteiger partial charge < -0.3 is 25.6 Å². The number of unbranched alkanes of at least 4 members (excludes halogenated alkanes) is 1. The van der Waals surface area contributed by atoms with Gasteiger partial charge in [-0.3, -0.25) is 9.89 Å². The van der Waals surface area contributed by atoms with Crippen molar-refractivity contribution in [1.29, 1.82) is 0 Å². The third-order valence-electron chi connectivity index (χ3n) is 4.82. The fraction of sp³-hybridized carbons (Fsp3) is 0.941. The molecule has 0 saturated carbocycles. The summed E-state index contributed by atoms with van der Waals surface area (Å²) in [6.07, 6.45) is 3.43. The van der Waals surface area contributed by atoms with Crippen molar-refractivity contribution in [2.75, 3.05) is 85.7 Å². The van der Waals surface area contributed by atoms with E-state index < -0.39 is 0 Å². The zero-order valence-electron chi connectivity index (χ0n) is 15.4. The van der Waals surface area contributed by atoms with Gasteiger partial charge in [-0.25, -0.2) is 0 Å². The van der Waals surface area contributed by atoms with E-state index in [9.17, 15) is 0 Å². The Morgan fingerprint density at radius 2 is 1.62 bits per heavy atom. The molecule has 7 nitrogen and oxygen atoms in total. The molecule has 0 aromatic carbocycles. The van der Waals surface area contributed by atoms with Crippen LogP contribution in [0.2, 0.25) is 0 Å². The highest BCUT2D eigenvalue weighted by Gasteiger charge is 2.12. The summed E-state index contributed by atoms with van der Waals surface area (Å²) < 4.78 is 5.35. The number of ether oxygens (including phenoxy) is 1. The molecule has 2 aliphatic heterocycles. The van der Waals surface area contributed by atoms with E-state index in [0.29, 0.717) is 5.96 Å². The van der Waals surface area contributed by atoms with Crippen LogP contribution in [-0.2, 0) is 4.74 Å². The summed E-state index contributed by atoms with van der Waals surface area (Å²) in [5.41, 5.74) is 5.92. The Balaban J connectivity index is 1.42. The summed E-state index contributed by atoms with van der Waals surface area (Å²) in [5, 5.41) is 3.23. The Morgan fingerprint density at radius 3 is 2.38 bits per heavy atom. The number of morpholine rings is 1. The SMILES string of the molecule is CN1CCN(CCCCNC(N)=NCCCN2CCOCC2)CC1. The molecule has 2 saturated heterocycles. The minimum Gasteiger partial charge on any atom is -0.379 e. The summed E-state index contributed by atoms with van der Waals surface area (Å²) in [6.45, 7) is 12.6. The van der Waals surface area contributed by atoms with E-state index in [1.54, 1.807) is 0 Å². The lowest BCUT2D eigenvalue weighted by atomic mass is 10.2. The van der Waals surface area contributed by atoms with Gasteiger partial charge in [-0.05, 0) is 32.9 Å². The first-order chi connectivity index (χ1) is 11.7. The minimum atomic E-state index is 0.594. The second-order valence-corrected chi connectivity index (χ2v) is 6.85. The van der Waals surface area contributed by atoms with Crippen LogP contribution < -0.4 is 11.1 Å². The van der Waals surface area contributed by atoms with Crippen molar-refractivity contribution in [2.24, 2.45) is 10.7 Å². The molecule has 0 aromatic rings. The number of likely N-dealkylation sites (N-methyl/N-ethyl adjacent to an activating group) is 1. The van der Waals surface area contributed by atoms with Crippen molar-refractivity contribution in [2.45, 2.75) is 19.3 Å². The second-order valence-electron chi connectivity index (χ2n) is 6.85. The summed E-state index contributed by atoms with van der Waals surface area (Å²) in [4.78, 5) is 11.8. The van der Waals surface area contributed by atoms with Crippen LogP contribution >= 0.6 is 0 Å². The van der Waals surface area contributed by atoms with E-state index >= 15 is 0 Å². The van der Waals surface area contributed by atoms with Crippen molar-refractivity contribution in [3.05, 3.63) is 0 Å². The third kappa shape index (κ3) is 8.28. The van der Waals surface area contributed by atoms with Crippen LogP contribution in [0.5, 0.6) is 0 Å². The lowest BCUT2D eigenvalue weighted by Gasteiger charge is -2.32. The molecule has 0 amide bonds. The molecule has 0 radical (unpaired) electrons. The maximum Gasteiger partial charge on any atom is 0.188 e. The zero-order valence-corrected chi connectivity index (χ0v) is 15.4. The predicted molar refractivity (Wildman–Crippen MR) is 99.5 cm³/mol. The Morgan fingerprint density at radius 1 is 0.958 bits per heavy atom. The molecule has 2 fully saturated rings. The monoisotopic (exact) mass is 340 g/mol. The van der Waals surface area contributed by atoms with Crippen molar-refractivity contribution in [3.63, 3.8) is 0 Å². The summed E-state index contributed by atoms with van der Waals surface area (Å²) >= 11 is 0. The van der Waals surface area contributed by atoms with E-state index in [1.807, 2.05) is 0 Å². The minimum absolute atomic E-state index is 0.594. The maximum absolute atomic E-state index is 5.92. The molecule has 2 aliphatic rings. The smallest absolute Gasteiger partial charge is 0.188 e. The second kappa shape index (κ2) is 11.6. The zero-order chi connectivity index (χ0) is 17.0. The first kappa shape index (κ1) is 19.4. The molecular formula is C17H36N6O. The molecule has 0 aliphatic carbocycles. The average Bonchev–Trinajstić information content (AvgIpc) is 2.61. The molecular weight excluding hydrogens is 304 g/mol. The molecule has 2 heterocycles. The summed E-state index contributed by atoms with van der Waals surface area (Å²) in [7, 11) is 2.20.